The van der Waals surface area contributed by atoms with Gasteiger partial charge in [-0.25, -0.2) is 19.2 Å². The van der Waals surface area contributed by atoms with Crippen molar-refractivity contribution in [3.05, 3.63) is 65.3 Å². The Kier molecular flexibility index (Phi) is 2.71. The van der Waals surface area contributed by atoms with E-state index in [0.717, 1.165) is 50.2 Å². The van der Waals surface area contributed by atoms with E-state index >= 15 is 0 Å². The molecule has 6 rings (SSSR count). The second kappa shape index (κ2) is 5.01. The maximum Gasteiger partial charge on any atom is 0.163 e. The molecule has 0 saturated carbocycles. The molecule has 5 aromatic rings. The van der Waals surface area contributed by atoms with Crippen LogP contribution >= 0.6 is 0 Å². The zero-order chi connectivity index (χ0) is 18.1. The molecular weight excluding hydrogens is 336 g/mol. The fourth-order valence-electron chi connectivity index (χ4n) is 3.96. The molecule has 1 aliphatic heterocycles. The predicted molar refractivity (Wildman–Crippen MR) is 106 cm³/mol. The van der Waals surface area contributed by atoms with Crippen molar-refractivity contribution < 1.29 is 0 Å². The van der Waals surface area contributed by atoms with Gasteiger partial charge in [-0.1, -0.05) is 30.3 Å². The summed E-state index contributed by atoms with van der Waals surface area (Å²) < 4.78 is 3.89. The molecule has 0 aliphatic carbocycles. The molecule has 1 aliphatic rings. The minimum absolute atomic E-state index is 0.0175. The molecule has 3 aromatic heterocycles. The Balaban J connectivity index is 1.62. The number of hydrogen-bond donors (Lipinski definition) is 0. The maximum atomic E-state index is 4.83. The van der Waals surface area contributed by atoms with Gasteiger partial charge in [0.1, 0.15) is 5.82 Å². The Morgan fingerprint density at radius 3 is 2.41 bits per heavy atom. The fourth-order valence-corrected chi connectivity index (χ4v) is 3.96. The van der Waals surface area contributed by atoms with Crippen molar-refractivity contribution in [3.8, 4) is 0 Å². The van der Waals surface area contributed by atoms with Crippen LogP contribution in [0.2, 0.25) is 0 Å². The molecule has 0 bridgehead atoms. The lowest BCUT2D eigenvalue weighted by Crippen LogP contribution is -2.11. The molecule has 2 aromatic carbocycles. The number of aryl methyl sites for hydroxylation is 1. The quantitative estimate of drug-likeness (QED) is 0.466. The molecule has 0 fully saturated rings. The van der Waals surface area contributed by atoms with Gasteiger partial charge in [0.2, 0.25) is 0 Å². The minimum Gasteiger partial charge on any atom is -0.230 e. The van der Waals surface area contributed by atoms with Gasteiger partial charge in [0, 0.05) is 5.22 Å². The number of nitrogens with zero attached hydrogens (tertiary/aromatic N) is 6. The Labute approximate surface area is 154 Å². The first kappa shape index (κ1) is 14.6. The summed E-state index contributed by atoms with van der Waals surface area (Å²) in [5.74, 6) is 0.965. The van der Waals surface area contributed by atoms with Crippen LogP contribution in [0.15, 0.2) is 53.6 Å². The Morgan fingerprint density at radius 1 is 0.889 bits per heavy atom. The van der Waals surface area contributed by atoms with Gasteiger partial charge in [-0.2, -0.15) is 10.2 Å². The Hall–Kier alpha value is -3.54. The average molecular weight is 352 g/mol. The first-order chi connectivity index (χ1) is 13.2. The largest absolute Gasteiger partial charge is 0.230 e. The molecule has 1 unspecified atom stereocenters. The third-order valence-electron chi connectivity index (χ3n) is 5.30. The number of fused-ring (bicyclic) bond motifs is 6. The molecule has 0 spiro atoms. The molecule has 6 nitrogen and oxygen atoms in total. The summed E-state index contributed by atoms with van der Waals surface area (Å²) in [6.07, 6.45) is 2.20. The van der Waals surface area contributed by atoms with Gasteiger partial charge in [-0.15, -0.1) is 0 Å². The van der Waals surface area contributed by atoms with E-state index in [4.69, 9.17) is 20.2 Å². The lowest BCUT2D eigenvalue weighted by atomic mass is 10.0. The van der Waals surface area contributed by atoms with Crippen LogP contribution < -0.4 is 5.22 Å². The minimum atomic E-state index is 0.0175. The Bertz CT molecular complexity index is 1450. The van der Waals surface area contributed by atoms with E-state index in [-0.39, 0.29) is 5.92 Å². The summed E-state index contributed by atoms with van der Waals surface area (Å²) in [5.41, 5.74) is 6.87. The van der Waals surface area contributed by atoms with Gasteiger partial charge in [-0.3, -0.25) is 0 Å². The topological polar surface area (TPSA) is 60.4 Å². The number of aromatic nitrogens is 5. The van der Waals surface area contributed by atoms with E-state index in [1.54, 1.807) is 0 Å². The molecule has 6 heteroatoms. The van der Waals surface area contributed by atoms with Crippen molar-refractivity contribution in [2.75, 3.05) is 0 Å². The van der Waals surface area contributed by atoms with Gasteiger partial charge in [0.05, 0.1) is 39.4 Å². The van der Waals surface area contributed by atoms with Crippen LogP contribution in [0.3, 0.4) is 0 Å². The third kappa shape index (κ3) is 1.89. The van der Waals surface area contributed by atoms with Gasteiger partial charge in [-0.05, 0) is 38.1 Å². The van der Waals surface area contributed by atoms with Crippen molar-refractivity contribution in [1.82, 2.24) is 24.3 Å². The van der Waals surface area contributed by atoms with Gasteiger partial charge >= 0.3 is 0 Å². The number of hydrogen-bond acceptors (Lipinski definition) is 4. The van der Waals surface area contributed by atoms with Crippen molar-refractivity contribution in [1.29, 1.82) is 0 Å². The van der Waals surface area contributed by atoms with E-state index in [1.165, 1.54) is 0 Å². The van der Waals surface area contributed by atoms with E-state index in [0.29, 0.717) is 0 Å². The molecule has 0 N–H and O–H groups in total. The van der Waals surface area contributed by atoms with Crippen molar-refractivity contribution in [2.45, 2.75) is 19.8 Å². The van der Waals surface area contributed by atoms with Crippen LogP contribution in [0.4, 0.5) is 0 Å². The summed E-state index contributed by atoms with van der Waals surface area (Å²) >= 11 is 0. The maximum absolute atomic E-state index is 4.83. The molecule has 0 amide bonds. The van der Waals surface area contributed by atoms with Gasteiger partial charge in [0.15, 0.2) is 5.65 Å². The zero-order valence-corrected chi connectivity index (χ0v) is 15.0. The van der Waals surface area contributed by atoms with E-state index < -0.39 is 0 Å². The average Bonchev–Trinajstić information content (AvgIpc) is 3.37. The Morgan fingerprint density at radius 2 is 1.59 bits per heavy atom. The number of imidazole rings is 2. The summed E-state index contributed by atoms with van der Waals surface area (Å²) in [6, 6.07) is 16.2. The highest BCUT2D eigenvalue weighted by atomic mass is 15.4. The normalized spacial score (nSPS) is 17.3. The van der Waals surface area contributed by atoms with Crippen LogP contribution in [-0.4, -0.2) is 30.0 Å². The standard InChI is InChI=1S/C21H16N6/c1-12-14(20-22-16-7-3-5-9-18(16)26(20)24-12)11-15-13(2)25-27-19-10-6-4-8-17(19)23-21(15)27/h3-11,14H,1-2H3/b15-11-. The highest BCUT2D eigenvalue weighted by Gasteiger charge is 2.27. The number of rotatable bonds is 1. The smallest absolute Gasteiger partial charge is 0.163 e. The monoisotopic (exact) mass is 352 g/mol. The van der Waals surface area contributed by atoms with E-state index in [9.17, 15) is 0 Å². The predicted octanol–water partition coefficient (Wildman–Crippen LogP) is 3.06. The van der Waals surface area contributed by atoms with E-state index in [1.807, 2.05) is 58.6 Å². The van der Waals surface area contributed by atoms with Crippen LogP contribution in [0, 0.1) is 6.92 Å². The fraction of sp³-hybridized carbons (Fsp3) is 0.143. The molecular formula is C21H16N6. The molecule has 130 valence electrons. The van der Waals surface area contributed by atoms with Gasteiger partial charge < -0.3 is 0 Å². The molecule has 4 heterocycles. The first-order valence-corrected chi connectivity index (χ1v) is 8.99. The highest BCUT2D eigenvalue weighted by Crippen LogP contribution is 2.30. The second-order valence-electron chi connectivity index (χ2n) is 6.99. The number of para-hydroxylation sites is 4. The highest BCUT2D eigenvalue weighted by molar-refractivity contribution is 5.97. The van der Waals surface area contributed by atoms with Gasteiger partial charge in [0.25, 0.3) is 0 Å². The first-order valence-electron chi connectivity index (χ1n) is 8.99. The van der Waals surface area contributed by atoms with Crippen LogP contribution in [0.5, 0.6) is 0 Å². The van der Waals surface area contributed by atoms with Crippen LogP contribution in [0.25, 0.3) is 33.8 Å². The molecule has 0 saturated heterocycles. The summed E-state index contributed by atoms with van der Waals surface area (Å²) in [5, 5.41) is 10.5. The zero-order valence-electron chi connectivity index (χ0n) is 15.0. The third-order valence-corrected chi connectivity index (χ3v) is 5.30. The number of benzene rings is 2. The lowest BCUT2D eigenvalue weighted by molar-refractivity contribution is 0.874. The van der Waals surface area contributed by atoms with Crippen molar-refractivity contribution >= 4 is 39.5 Å². The van der Waals surface area contributed by atoms with E-state index in [2.05, 4.69) is 19.1 Å². The molecule has 27 heavy (non-hydrogen) atoms. The SMILES string of the molecule is CC1=Nn2c(nc3ccccc32)C1/C=c1/c(C)nn2c1nc1ccccc12. The summed E-state index contributed by atoms with van der Waals surface area (Å²) in [7, 11) is 0. The van der Waals surface area contributed by atoms with Crippen LogP contribution in [-0.2, 0) is 0 Å². The molecule has 0 radical (unpaired) electrons. The second-order valence-corrected chi connectivity index (χ2v) is 6.99. The van der Waals surface area contributed by atoms with Crippen molar-refractivity contribution in [3.63, 3.8) is 0 Å². The van der Waals surface area contributed by atoms with Crippen molar-refractivity contribution in [2.24, 2.45) is 5.10 Å². The lowest BCUT2D eigenvalue weighted by Gasteiger charge is -2.01. The molecule has 1 atom stereocenters. The summed E-state index contributed by atoms with van der Waals surface area (Å²) in [4.78, 5) is 9.63. The summed E-state index contributed by atoms with van der Waals surface area (Å²) in [6.45, 7) is 4.08. The van der Waals surface area contributed by atoms with Crippen LogP contribution in [0.1, 0.15) is 24.4 Å².